The molecule has 446 valence electrons. The summed E-state index contributed by atoms with van der Waals surface area (Å²) < 4.78 is 133. The number of carboxylic acids is 1. The van der Waals surface area contributed by atoms with Crippen LogP contribution in [0.4, 0.5) is 22.0 Å². The zero-order chi connectivity index (χ0) is 61.8. The summed E-state index contributed by atoms with van der Waals surface area (Å²) in [5.74, 6) is -15.5. The molecule has 4 fully saturated rings. The van der Waals surface area contributed by atoms with Crippen molar-refractivity contribution in [2.24, 2.45) is 11.8 Å². The van der Waals surface area contributed by atoms with Gasteiger partial charge in [0.1, 0.15) is 0 Å². The predicted molar refractivity (Wildman–Crippen MR) is 263 cm³/mol. The highest BCUT2D eigenvalue weighted by molar-refractivity contribution is 7.87. The molecule has 4 N–H and O–H groups in total. The zero-order valence-corrected chi connectivity index (χ0v) is 47.3. The second-order valence-electron chi connectivity index (χ2n) is 18.6. The highest BCUT2D eigenvalue weighted by Crippen LogP contribution is 2.30. The summed E-state index contributed by atoms with van der Waals surface area (Å²) in [7, 11) is -7.49. The fraction of sp³-hybridized carbons (Fsp3) is 0.652. The molecular formula is C46H70F5N5O20S2. The number of carboxylic acid groups (broad SMARTS) is 1. The van der Waals surface area contributed by atoms with E-state index in [1.54, 1.807) is 55.4 Å². The van der Waals surface area contributed by atoms with E-state index in [2.05, 4.69) is 9.47 Å². The van der Waals surface area contributed by atoms with Gasteiger partial charge in [-0.15, -0.1) is 0 Å². The first-order valence-corrected chi connectivity index (χ1v) is 26.6. The number of benzene rings is 1. The maximum Gasteiger partial charge on any atom is 0.305 e. The molecule has 4 aliphatic rings. The highest BCUT2D eigenvalue weighted by Gasteiger charge is 2.48. The van der Waals surface area contributed by atoms with Crippen molar-refractivity contribution >= 4 is 79.4 Å². The van der Waals surface area contributed by atoms with Crippen LogP contribution in [-0.2, 0) is 77.8 Å². The second kappa shape index (κ2) is 32.7. The summed E-state index contributed by atoms with van der Waals surface area (Å²) in [6, 6.07) is -0.357. The van der Waals surface area contributed by atoms with Gasteiger partial charge in [-0.05, 0) is 69.2 Å². The smallest absolute Gasteiger partial charge is 0.305 e. The number of carbonyl (C=O) groups is 9. The van der Waals surface area contributed by atoms with Gasteiger partial charge in [-0.2, -0.15) is 35.7 Å². The largest absolute Gasteiger partial charge is 0.485 e. The predicted octanol–water partition coefficient (Wildman–Crippen LogP) is 4.93. The molecule has 78 heavy (non-hydrogen) atoms. The first-order valence-electron chi connectivity index (χ1n) is 23.6. The van der Waals surface area contributed by atoms with E-state index in [1.165, 1.54) is 25.9 Å². The number of halogens is 5. The number of nitrogens with one attached hydrogen (secondary N) is 1. The van der Waals surface area contributed by atoms with Crippen LogP contribution in [0.25, 0.3) is 0 Å². The summed E-state index contributed by atoms with van der Waals surface area (Å²) in [4.78, 5) is 110. The van der Waals surface area contributed by atoms with Crippen molar-refractivity contribution < 1.29 is 115 Å². The van der Waals surface area contributed by atoms with Gasteiger partial charge in [0.2, 0.25) is 46.8 Å². The number of hydrogen-bond acceptors (Lipinski definition) is 18. The van der Waals surface area contributed by atoms with Crippen LogP contribution in [-0.4, -0.2) is 158 Å². The number of likely N-dealkylation sites (tertiary alicyclic amines) is 2. The number of rotatable bonds is 12. The molecule has 2 unspecified atom stereocenters. The number of nitrogens with zero attached hydrogens (tertiary/aromatic N) is 4. The van der Waals surface area contributed by atoms with Crippen molar-refractivity contribution in [1.29, 1.82) is 5.41 Å². The van der Waals surface area contributed by atoms with Gasteiger partial charge >= 0.3 is 5.97 Å². The van der Waals surface area contributed by atoms with Crippen molar-refractivity contribution in [2.75, 3.05) is 7.11 Å². The lowest BCUT2D eigenvalue weighted by molar-refractivity contribution is -0.198. The van der Waals surface area contributed by atoms with Gasteiger partial charge in [0.15, 0.2) is 22.1 Å². The molecule has 0 spiro atoms. The van der Waals surface area contributed by atoms with Gasteiger partial charge in [-0.25, -0.2) is 13.2 Å². The summed E-state index contributed by atoms with van der Waals surface area (Å²) in [6.45, 7) is 23.5. The molecule has 4 heterocycles. The minimum atomic E-state index is -4.55. The molecule has 1 aromatic carbocycles. The van der Waals surface area contributed by atoms with Gasteiger partial charge < -0.3 is 14.6 Å². The number of carbonyl (C=O) groups excluding carboxylic acids is 8. The number of amides is 8. The molecule has 2 atom stereocenters. The van der Waals surface area contributed by atoms with Gasteiger partial charge in [0.05, 0.1) is 44.2 Å². The Labute approximate surface area is 448 Å². The highest BCUT2D eigenvalue weighted by atomic mass is 32.2. The average Bonchev–Trinajstić information content (AvgIpc) is 4.02. The summed E-state index contributed by atoms with van der Waals surface area (Å²) in [6.07, 6.45) is -0.928. The molecule has 32 heteroatoms. The molecule has 0 bridgehead atoms. The van der Waals surface area contributed by atoms with E-state index < -0.39 is 120 Å². The Morgan fingerprint density at radius 2 is 0.846 bits per heavy atom. The van der Waals surface area contributed by atoms with Crippen LogP contribution in [0.3, 0.4) is 0 Å². The number of hydrogen-bond donors (Lipinski definition) is 4. The molecule has 1 aromatic rings. The minimum absolute atomic E-state index is 0.0278. The Morgan fingerprint density at radius 1 is 0.513 bits per heavy atom. The Balaban J connectivity index is 0. The van der Waals surface area contributed by atoms with Crippen molar-refractivity contribution in [3.63, 3.8) is 0 Å². The maximum atomic E-state index is 12.9. The second-order valence-corrected chi connectivity index (χ2v) is 21.8. The lowest BCUT2D eigenvalue weighted by atomic mass is 10.2. The Bertz CT molecular complexity index is 2500. The molecule has 0 aliphatic carbocycles. The lowest BCUT2D eigenvalue weighted by Gasteiger charge is -2.18. The summed E-state index contributed by atoms with van der Waals surface area (Å²) in [5, 5.41) is 12.9. The third-order valence-electron chi connectivity index (χ3n) is 9.45. The minimum Gasteiger partial charge on any atom is -0.485 e. The fourth-order valence-electron chi connectivity index (χ4n) is 5.75. The van der Waals surface area contributed by atoms with Crippen molar-refractivity contribution in [2.45, 2.75) is 176 Å². The molecular weight excluding hydrogens is 1100 g/mol. The zero-order valence-electron chi connectivity index (χ0n) is 45.7. The average molecular weight is 1170 g/mol. The van der Waals surface area contributed by atoms with Crippen LogP contribution in [0, 0.1) is 46.3 Å². The lowest BCUT2D eigenvalue weighted by Crippen LogP contribution is -2.39. The van der Waals surface area contributed by atoms with Crippen LogP contribution in [0.1, 0.15) is 135 Å². The molecule has 5 rings (SSSR count). The standard InChI is InChI=1S/C9H7F5O.C7H11NO6S.C7H11NO5S.C7H11NO3.C7H11NO2.C5H11NO.C4H8O2/c1-3(2)15-9-7(13)5(11)4(10)6(12)8(9)14;1-4(2)14-8-6(9)3-5(7(8)10)15(11,12)13;1-4(2)8-6(9)3-5(7(8)10)14(11,12)13;1-5(2)11-8-6(9)3-4-7(8)10;1-5(2)8-6(9)3-4-7(8)10;1-4(2)5(6)7-3;1-3(2)4(5)6/h3H,1-2H3;4-5H,3H2,1-2H3,(H,11,12,13);4-5H,3H2,1-2H3,(H,11,12,13);5H,3-4H2,1-2H3;5H,3-4H2,1-2H3;4,6H,1-3H3;3H,1-2H3,(H,5,6). The van der Waals surface area contributed by atoms with Gasteiger partial charge in [0.25, 0.3) is 49.8 Å². The van der Waals surface area contributed by atoms with Crippen molar-refractivity contribution in [3.05, 3.63) is 29.1 Å². The van der Waals surface area contributed by atoms with Crippen LogP contribution >= 0.6 is 0 Å². The van der Waals surface area contributed by atoms with Gasteiger partial charge in [-0.3, -0.25) is 77.1 Å². The molecule has 4 aliphatic heterocycles. The Morgan fingerprint density at radius 3 is 1.09 bits per heavy atom. The Hall–Kier alpha value is -6.09. The summed E-state index contributed by atoms with van der Waals surface area (Å²) in [5.41, 5.74) is 0. The Kier molecular flexibility index (Phi) is 31.0. The molecule has 0 radical (unpaired) electrons. The molecule has 0 saturated carbocycles. The molecule has 0 aromatic heterocycles. The molecule has 25 nitrogen and oxygen atoms in total. The first kappa shape index (κ1) is 74.0. The monoisotopic (exact) mass is 1170 g/mol. The quantitative estimate of drug-likeness (QED) is 0.0410. The third kappa shape index (κ3) is 23.9. The summed E-state index contributed by atoms with van der Waals surface area (Å²) >= 11 is 0. The normalized spacial score (nSPS) is 17.4. The molecule has 4 saturated heterocycles. The van der Waals surface area contributed by atoms with Crippen LogP contribution in [0.2, 0.25) is 0 Å². The van der Waals surface area contributed by atoms with Gasteiger partial charge in [0, 0.05) is 43.7 Å². The fourth-order valence-corrected chi connectivity index (χ4v) is 7.17. The van der Waals surface area contributed by atoms with E-state index >= 15 is 0 Å². The first-order chi connectivity index (χ1) is 35.4. The third-order valence-corrected chi connectivity index (χ3v) is 11.6. The van der Waals surface area contributed by atoms with Crippen LogP contribution < -0.4 is 4.74 Å². The van der Waals surface area contributed by atoms with Crippen LogP contribution in [0.5, 0.6) is 5.75 Å². The van der Waals surface area contributed by atoms with E-state index in [0.717, 1.165) is 9.96 Å². The van der Waals surface area contributed by atoms with Crippen molar-refractivity contribution in [1.82, 2.24) is 19.9 Å². The number of aliphatic carboxylic acids is 1. The number of imide groups is 4. The number of methoxy groups -OCH3 is 1. The van der Waals surface area contributed by atoms with E-state index in [0.29, 0.717) is 23.8 Å². The SMILES string of the molecule is CC(C)C(=O)O.CC(C)N1C(=O)CC(S(=O)(=O)O)C1=O.CC(C)N1C(=O)CCC1=O.CC(C)ON1C(=O)CC(S(=O)(=O)O)C1=O.CC(C)ON1C(=O)CCC1=O.CC(C)Oc1c(F)c(F)c(F)c(F)c1F.COC(=N)C(C)C. The van der Waals surface area contributed by atoms with E-state index in [9.17, 15) is 81.9 Å². The number of ether oxygens (including phenoxy) is 2. The van der Waals surface area contributed by atoms with E-state index in [-0.39, 0.29) is 66.5 Å². The maximum absolute atomic E-state index is 12.9. The topological polar surface area (TPSA) is 356 Å². The van der Waals surface area contributed by atoms with Crippen LogP contribution in [0.15, 0.2) is 0 Å². The van der Waals surface area contributed by atoms with E-state index in [4.69, 9.17) is 29.3 Å². The van der Waals surface area contributed by atoms with Crippen molar-refractivity contribution in [3.8, 4) is 5.75 Å². The van der Waals surface area contributed by atoms with Gasteiger partial charge in [-0.1, -0.05) is 27.7 Å². The molecule has 8 amide bonds. The number of hydroxylamine groups is 4. The van der Waals surface area contributed by atoms with E-state index in [1.807, 2.05) is 27.7 Å².